The molecule has 1 N–H and O–H groups in total. The van der Waals surface area contributed by atoms with E-state index in [2.05, 4.69) is 5.32 Å². The fourth-order valence-corrected chi connectivity index (χ4v) is 3.80. The van der Waals surface area contributed by atoms with Crippen LogP contribution in [0.2, 0.25) is 0 Å². The molecule has 1 fully saturated rings. The monoisotopic (exact) mass is 278 g/mol. The number of carbonyl (C=O) groups excluding carboxylic acids is 1. The normalized spacial score (nSPS) is 23.6. The molecule has 0 spiro atoms. The number of nitrogens with one attached hydrogen (secondary N) is 1. The number of likely N-dealkylation sites (N-methyl/N-ethyl adjacent to an activating group) is 1. The van der Waals surface area contributed by atoms with Gasteiger partial charge < -0.3 is 15.0 Å². The van der Waals surface area contributed by atoms with Crippen molar-refractivity contribution >= 4 is 15.9 Å². The molecule has 0 radical (unpaired) electrons. The number of methoxy groups -OCH3 is 1. The Bertz CT molecular complexity index is 383. The van der Waals surface area contributed by atoms with Crippen molar-refractivity contribution in [2.75, 3.05) is 38.8 Å². The summed E-state index contributed by atoms with van der Waals surface area (Å²) in [6.07, 6.45) is 0.639. The van der Waals surface area contributed by atoms with E-state index in [9.17, 15) is 13.2 Å². The third kappa shape index (κ3) is 4.45. The van der Waals surface area contributed by atoms with Gasteiger partial charge in [-0.05, 0) is 19.3 Å². The van der Waals surface area contributed by atoms with Crippen LogP contribution in [0.15, 0.2) is 0 Å². The van der Waals surface area contributed by atoms with Gasteiger partial charge in [-0.15, -0.1) is 0 Å². The van der Waals surface area contributed by atoms with Gasteiger partial charge in [-0.1, -0.05) is 0 Å². The summed E-state index contributed by atoms with van der Waals surface area (Å²) in [6, 6.07) is -0.203. The SMILES string of the molecule is COCC(C)N(C)C(=O)NCC1CCS(=O)(=O)C1. The van der Waals surface area contributed by atoms with Crippen LogP contribution in [-0.4, -0.2) is 64.2 Å². The van der Waals surface area contributed by atoms with Crippen molar-refractivity contribution in [2.45, 2.75) is 19.4 Å². The van der Waals surface area contributed by atoms with Gasteiger partial charge in [0.05, 0.1) is 24.2 Å². The van der Waals surface area contributed by atoms with Crippen LogP contribution in [0.4, 0.5) is 4.79 Å². The molecule has 1 heterocycles. The molecule has 2 atom stereocenters. The summed E-state index contributed by atoms with van der Waals surface area (Å²) in [4.78, 5) is 13.3. The Hall–Kier alpha value is -0.820. The molecule has 1 aliphatic rings. The Morgan fingerprint density at radius 1 is 1.56 bits per heavy atom. The van der Waals surface area contributed by atoms with Crippen molar-refractivity contribution in [3.8, 4) is 0 Å². The smallest absolute Gasteiger partial charge is 0.317 e. The van der Waals surface area contributed by atoms with Gasteiger partial charge in [-0.2, -0.15) is 0 Å². The summed E-state index contributed by atoms with van der Waals surface area (Å²) in [5.74, 6) is 0.471. The summed E-state index contributed by atoms with van der Waals surface area (Å²) < 4.78 is 27.5. The number of nitrogens with zero attached hydrogens (tertiary/aromatic N) is 1. The van der Waals surface area contributed by atoms with E-state index in [-0.39, 0.29) is 29.5 Å². The van der Waals surface area contributed by atoms with Gasteiger partial charge in [0, 0.05) is 20.7 Å². The van der Waals surface area contributed by atoms with Crippen LogP contribution in [0.3, 0.4) is 0 Å². The minimum Gasteiger partial charge on any atom is -0.383 e. The molecule has 0 bridgehead atoms. The summed E-state index contributed by atoms with van der Waals surface area (Å²) in [6.45, 7) is 2.78. The molecule has 6 nitrogen and oxygen atoms in total. The number of hydrogen-bond donors (Lipinski definition) is 1. The van der Waals surface area contributed by atoms with Gasteiger partial charge in [-0.3, -0.25) is 0 Å². The first kappa shape index (κ1) is 15.2. The summed E-state index contributed by atoms with van der Waals surface area (Å²) in [5.41, 5.74) is 0. The highest BCUT2D eigenvalue weighted by Gasteiger charge is 2.28. The van der Waals surface area contributed by atoms with E-state index < -0.39 is 9.84 Å². The average molecular weight is 278 g/mol. The summed E-state index contributed by atoms with van der Waals surface area (Å²) in [5, 5.41) is 2.77. The number of urea groups is 1. The highest BCUT2D eigenvalue weighted by Crippen LogP contribution is 2.17. The second-order valence-electron chi connectivity index (χ2n) is 4.87. The van der Waals surface area contributed by atoms with Crippen molar-refractivity contribution < 1.29 is 17.9 Å². The van der Waals surface area contributed by atoms with E-state index >= 15 is 0 Å². The standard InChI is InChI=1S/C11H22N2O4S/c1-9(7-17-3)13(2)11(14)12-6-10-4-5-18(15,16)8-10/h9-10H,4-8H2,1-3H3,(H,12,14). The van der Waals surface area contributed by atoms with E-state index in [4.69, 9.17) is 4.74 Å². The van der Waals surface area contributed by atoms with E-state index in [1.807, 2.05) is 6.92 Å². The van der Waals surface area contributed by atoms with Crippen LogP contribution in [0.1, 0.15) is 13.3 Å². The molecule has 7 heteroatoms. The Morgan fingerprint density at radius 2 is 2.22 bits per heavy atom. The zero-order chi connectivity index (χ0) is 13.8. The van der Waals surface area contributed by atoms with Crippen LogP contribution in [0, 0.1) is 5.92 Å². The van der Waals surface area contributed by atoms with Crippen molar-refractivity contribution in [1.82, 2.24) is 10.2 Å². The Kier molecular flexibility index (Phi) is 5.40. The lowest BCUT2D eigenvalue weighted by Gasteiger charge is -2.25. The molecule has 106 valence electrons. The van der Waals surface area contributed by atoms with E-state index in [1.165, 1.54) is 0 Å². The predicted octanol–water partition coefficient (Wildman–Crippen LogP) is 0.0974. The molecule has 18 heavy (non-hydrogen) atoms. The van der Waals surface area contributed by atoms with E-state index in [1.54, 1.807) is 19.1 Å². The third-order valence-electron chi connectivity index (χ3n) is 3.26. The van der Waals surface area contributed by atoms with Gasteiger partial charge in [0.25, 0.3) is 0 Å². The van der Waals surface area contributed by atoms with Crippen molar-refractivity contribution in [2.24, 2.45) is 5.92 Å². The fourth-order valence-electron chi connectivity index (χ4n) is 1.94. The minimum atomic E-state index is -2.87. The number of ether oxygens (including phenoxy) is 1. The molecule has 0 aromatic rings. The topological polar surface area (TPSA) is 75.7 Å². The maximum Gasteiger partial charge on any atom is 0.317 e. The van der Waals surface area contributed by atoms with Crippen LogP contribution in [0.25, 0.3) is 0 Å². The first-order valence-corrected chi connectivity index (χ1v) is 7.88. The number of carbonyl (C=O) groups is 1. The number of rotatable bonds is 5. The van der Waals surface area contributed by atoms with Gasteiger partial charge >= 0.3 is 6.03 Å². The molecular weight excluding hydrogens is 256 g/mol. The van der Waals surface area contributed by atoms with Gasteiger partial charge in [-0.25, -0.2) is 13.2 Å². The fraction of sp³-hybridized carbons (Fsp3) is 0.909. The number of sulfone groups is 1. The maximum atomic E-state index is 11.8. The molecule has 2 unspecified atom stereocenters. The molecule has 0 aliphatic carbocycles. The second-order valence-corrected chi connectivity index (χ2v) is 7.10. The van der Waals surface area contributed by atoms with Gasteiger partial charge in [0.2, 0.25) is 0 Å². The molecule has 0 saturated carbocycles. The number of hydrogen-bond acceptors (Lipinski definition) is 4. The Morgan fingerprint density at radius 3 is 2.72 bits per heavy atom. The van der Waals surface area contributed by atoms with E-state index in [0.717, 1.165) is 0 Å². The summed E-state index contributed by atoms with van der Waals surface area (Å²) >= 11 is 0. The molecular formula is C11H22N2O4S. The maximum absolute atomic E-state index is 11.8. The summed E-state index contributed by atoms with van der Waals surface area (Å²) in [7, 11) is 0.414. The van der Waals surface area contributed by atoms with Gasteiger partial charge in [0.1, 0.15) is 0 Å². The molecule has 0 aromatic carbocycles. The lowest BCUT2D eigenvalue weighted by molar-refractivity contribution is 0.123. The molecule has 0 aromatic heterocycles. The number of amides is 2. The lowest BCUT2D eigenvalue weighted by Crippen LogP contribution is -2.45. The highest BCUT2D eigenvalue weighted by atomic mass is 32.2. The highest BCUT2D eigenvalue weighted by molar-refractivity contribution is 7.91. The van der Waals surface area contributed by atoms with Crippen LogP contribution in [-0.2, 0) is 14.6 Å². The zero-order valence-electron chi connectivity index (χ0n) is 11.2. The lowest BCUT2D eigenvalue weighted by atomic mass is 10.1. The molecule has 1 aliphatic heterocycles. The minimum absolute atomic E-state index is 0.0117. The van der Waals surface area contributed by atoms with Crippen molar-refractivity contribution in [3.63, 3.8) is 0 Å². The third-order valence-corrected chi connectivity index (χ3v) is 5.10. The predicted molar refractivity (Wildman–Crippen MR) is 69.3 cm³/mol. The van der Waals surface area contributed by atoms with Crippen molar-refractivity contribution in [1.29, 1.82) is 0 Å². The zero-order valence-corrected chi connectivity index (χ0v) is 12.0. The first-order valence-electron chi connectivity index (χ1n) is 6.05. The van der Waals surface area contributed by atoms with E-state index in [0.29, 0.717) is 19.6 Å². The molecule has 1 rings (SSSR count). The Balaban J connectivity index is 2.33. The average Bonchev–Trinajstić information content (AvgIpc) is 2.65. The van der Waals surface area contributed by atoms with Crippen molar-refractivity contribution in [3.05, 3.63) is 0 Å². The Labute approximate surface area is 109 Å². The quantitative estimate of drug-likeness (QED) is 0.774. The molecule has 2 amide bonds. The van der Waals surface area contributed by atoms with Crippen LogP contribution >= 0.6 is 0 Å². The van der Waals surface area contributed by atoms with Gasteiger partial charge in [0.15, 0.2) is 9.84 Å². The van der Waals surface area contributed by atoms with Crippen LogP contribution < -0.4 is 5.32 Å². The second kappa shape index (κ2) is 6.38. The first-order chi connectivity index (χ1) is 8.35. The van der Waals surface area contributed by atoms with Crippen LogP contribution in [0.5, 0.6) is 0 Å². The molecule has 1 saturated heterocycles. The largest absolute Gasteiger partial charge is 0.383 e.